The summed E-state index contributed by atoms with van der Waals surface area (Å²) in [6, 6.07) is 10.8. The molecular formula is C16H24N2OS. The van der Waals surface area contributed by atoms with Crippen LogP contribution in [0.1, 0.15) is 30.9 Å². The van der Waals surface area contributed by atoms with Crippen LogP contribution in [0.2, 0.25) is 0 Å². The quantitative estimate of drug-likeness (QED) is 0.818. The van der Waals surface area contributed by atoms with Gasteiger partial charge < -0.3 is 10.5 Å². The maximum absolute atomic E-state index is 5.81. The zero-order valence-electron chi connectivity index (χ0n) is 12.1. The number of hydrogen-bond donors (Lipinski definition) is 1. The van der Waals surface area contributed by atoms with E-state index in [4.69, 9.17) is 22.7 Å². The Morgan fingerprint density at radius 3 is 2.85 bits per heavy atom. The molecule has 0 bridgehead atoms. The summed E-state index contributed by atoms with van der Waals surface area (Å²) in [6.07, 6.45) is 3.21. The molecule has 0 aromatic heterocycles. The summed E-state index contributed by atoms with van der Waals surface area (Å²) in [7, 11) is 1.78. The number of thiocarbonyl (C=S) groups is 1. The molecule has 0 saturated carbocycles. The molecule has 1 aliphatic rings. The Hall–Kier alpha value is -0.970. The van der Waals surface area contributed by atoms with Crippen molar-refractivity contribution in [2.75, 3.05) is 26.8 Å². The van der Waals surface area contributed by atoms with Crippen LogP contribution in [0.4, 0.5) is 0 Å². The molecule has 0 aliphatic carbocycles. The lowest BCUT2D eigenvalue weighted by Gasteiger charge is -2.38. The monoisotopic (exact) mass is 292 g/mol. The number of benzene rings is 1. The normalized spacial score (nSPS) is 21.6. The minimum atomic E-state index is 0.299. The lowest BCUT2D eigenvalue weighted by atomic mass is 9.94. The van der Waals surface area contributed by atoms with Gasteiger partial charge in [-0.05, 0) is 30.9 Å². The largest absolute Gasteiger partial charge is 0.393 e. The summed E-state index contributed by atoms with van der Waals surface area (Å²) < 4.78 is 5.32. The molecule has 20 heavy (non-hydrogen) atoms. The summed E-state index contributed by atoms with van der Waals surface area (Å²) in [5.41, 5.74) is 7.11. The molecule has 2 rings (SSSR count). The first-order valence-electron chi connectivity index (χ1n) is 7.27. The second kappa shape index (κ2) is 7.72. The fraction of sp³-hybridized carbons (Fsp3) is 0.562. The SMILES string of the molecule is COCC1CCCN(C(CC(N)=S)c2ccccc2)C1. The first-order valence-corrected chi connectivity index (χ1v) is 7.67. The van der Waals surface area contributed by atoms with Crippen LogP contribution < -0.4 is 5.73 Å². The number of nitrogens with zero attached hydrogens (tertiary/aromatic N) is 1. The van der Waals surface area contributed by atoms with Crippen molar-refractivity contribution in [1.29, 1.82) is 0 Å². The molecule has 1 aliphatic heterocycles. The first kappa shape index (κ1) is 15.4. The molecule has 1 aromatic carbocycles. The Labute approximate surface area is 127 Å². The van der Waals surface area contributed by atoms with E-state index >= 15 is 0 Å². The van der Waals surface area contributed by atoms with Gasteiger partial charge in [0, 0.05) is 26.1 Å². The van der Waals surface area contributed by atoms with Crippen molar-refractivity contribution in [3.8, 4) is 0 Å². The molecule has 2 unspecified atom stereocenters. The fourth-order valence-corrected chi connectivity index (χ4v) is 3.23. The second-order valence-corrected chi connectivity index (χ2v) is 6.08. The number of likely N-dealkylation sites (tertiary alicyclic amines) is 1. The number of piperidine rings is 1. The molecule has 1 heterocycles. The van der Waals surface area contributed by atoms with Crippen molar-refractivity contribution in [3.05, 3.63) is 35.9 Å². The predicted octanol–water partition coefficient (Wildman–Crippen LogP) is 2.76. The van der Waals surface area contributed by atoms with E-state index in [0.717, 1.165) is 26.1 Å². The summed E-state index contributed by atoms with van der Waals surface area (Å²) in [5, 5.41) is 0. The first-order chi connectivity index (χ1) is 9.70. The van der Waals surface area contributed by atoms with Crippen molar-refractivity contribution in [2.24, 2.45) is 11.7 Å². The molecule has 4 heteroatoms. The van der Waals surface area contributed by atoms with Gasteiger partial charge in [-0.1, -0.05) is 42.5 Å². The second-order valence-electron chi connectivity index (χ2n) is 5.56. The molecule has 1 fully saturated rings. The summed E-state index contributed by atoms with van der Waals surface area (Å²) >= 11 is 5.15. The molecule has 3 nitrogen and oxygen atoms in total. The van der Waals surface area contributed by atoms with Gasteiger partial charge in [0.1, 0.15) is 0 Å². The minimum Gasteiger partial charge on any atom is -0.393 e. The van der Waals surface area contributed by atoms with Crippen LogP contribution in [0.15, 0.2) is 30.3 Å². The zero-order valence-corrected chi connectivity index (χ0v) is 12.9. The van der Waals surface area contributed by atoms with Gasteiger partial charge in [0.05, 0.1) is 11.6 Å². The molecule has 2 atom stereocenters. The molecule has 1 saturated heterocycles. The van der Waals surface area contributed by atoms with Crippen LogP contribution in [0.25, 0.3) is 0 Å². The highest BCUT2D eigenvalue weighted by Gasteiger charge is 2.27. The molecule has 2 N–H and O–H groups in total. The third-order valence-electron chi connectivity index (χ3n) is 3.97. The van der Waals surface area contributed by atoms with E-state index in [1.807, 2.05) is 6.07 Å². The maximum atomic E-state index is 5.81. The average molecular weight is 292 g/mol. The highest BCUT2D eigenvalue weighted by molar-refractivity contribution is 7.80. The van der Waals surface area contributed by atoms with E-state index in [0.29, 0.717) is 16.9 Å². The van der Waals surface area contributed by atoms with Gasteiger partial charge in [-0.15, -0.1) is 0 Å². The van der Waals surface area contributed by atoms with Gasteiger partial charge in [0.15, 0.2) is 0 Å². The van der Waals surface area contributed by atoms with Crippen LogP contribution >= 0.6 is 12.2 Å². The van der Waals surface area contributed by atoms with Crippen molar-refractivity contribution >= 4 is 17.2 Å². The number of nitrogens with two attached hydrogens (primary N) is 1. The summed E-state index contributed by atoms with van der Waals surface area (Å²) in [5.74, 6) is 0.617. The van der Waals surface area contributed by atoms with E-state index in [1.165, 1.54) is 18.4 Å². The minimum absolute atomic E-state index is 0.299. The number of ether oxygens (including phenoxy) is 1. The molecule has 0 radical (unpaired) electrons. The van der Waals surface area contributed by atoms with Crippen LogP contribution in [0, 0.1) is 5.92 Å². The third-order valence-corrected chi connectivity index (χ3v) is 4.14. The molecule has 1 aromatic rings. The number of hydrogen-bond acceptors (Lipinski definition) is 3. The highest BCUT2D eigenvalue weighted by atomic mass is 32.1. The smallest absolute Gasteiger partial charge is 0.0746 e. The summed E-state index contributed by atoms with van der Waals surface area (Å²) in [4.78, 5) is 3.11. The van der Waals surface area contributed by atoms with E-state index in [1.54, 1.807) is 7.11 Å². The highest BCUT2D eigenvalue weighted by Crippen LogP contribution is 2.29. The van der Waals surface area contributed by atoms with E-state index in [9.17, 15) is 0 Å². The topological polar surface area (TPSA) is 38.5 Å². The Kier molecular flexibility index (Phi) is 5.95. The standard InChI is InChI=1S/C16H24N2OS/c1-19-12-13-6-5-9-18(11-13)15(10-16(17)20)14-7-3-2-4-8-14/h2-4,7-8,13,15H,5-6,9-12H2,1H3,(H2,17,20). The van der Waals surface area contributed by atoms with Gasteiger partial charge in [-0.25, -0.2) is 0 Å². The Balaban J connectivity index is 2.12. The van der Waals surface area contributed by atoms with Gasteiger partial charge in [0.2, 0.25) is 0 Å². The molecule has 0 amide bonds. The Morgan fingerprint density at radius 1 is 1.45 bits per heavy atom. The zero-order chi connectivity index (χ0) is 14.4. The lowest BCUT2D eigenvalue weighted by molar-refractivity contribution is 0.0694. The maximum Gasteiger partial charge on any atom is 0.0746 e. The van der Waals surface area contributed by atoms with E-state index in [2.05, 4.69) is 29.2 Å². The third kappa shape index (κ3) is 4.27. The van der Waals surface area contributed by atoms with Gasteiger partial charge >= 0.3 is 0 Å². The average Bonchev–Trinajstić information content (AvgIpc) is 2.46. The lowest BCUT2D eigenvalue weighted by Crippen LogP contribution is -2.40. The van der Waals surface area contributed by atoms with Crippen LogP contribution in [-0.2, 0) is 4.74 Å². The van der Waals surface area contributed by atoms with Crippen molar-refractivity contribution < 1.29 is 4.74 Å². The van der Waals surface area contributed by atoms with Crippen molar-refractivity contribution in [1.82, 2.24) is 4.90 Å². The van der Waals surface area contributed by atoms with E-state index in [-0.39, 0.29) is 0 Å². The molecule has 110 valence electrons. The van der Waals surface area contributed by atoms with Crippen molar-refractivity contribution in [2.45, 2.75) is 25.3 Å². The van der Waals surface area contributed by atoms with Crippen LogP contribution in [-0.4, -0.2) is 36.7 Å². The Bertz CT molecular complexity index is 422. The van der Waals surface area contributed by atoms with Crippen molar-refractivity contribution in [3.63, 3.8) is 0 Å². The van der Waals surface area contributed by atoms with E-state index < -0.39 is 0 Å². The summed E-state index contributed by atoms with van der Waals surface area (Å²) in [6.45, 7) is 3.02. The number of methoxy groups -OCH3 is 1. The Morgan fingerprint density at radius 2 is 2.20 bits per heavy atom. The molecule has 0 spiro atoms. The van der Waals surface area contributed by atoms with Gasteiger partial charge in [-0.2, -0.15) is 0 Å². The van der Waals surface area contributed by atoms with Crippen LogP contribution in [0.3, 0.4) is 0 Å². The fourth-order valence-electron chi connectivity index (χ4n) is 3.08. The number of rotatable bonds is 6. The van der Waals surface area contributed by atoms with Crippen LogP contribution in [0.5, 0.6) is 0 Å². The van der Waals surface area contributed by atoms with Gasteiger partial charge in [0.25, 0.3) is 0 Å². The molecular weight excluding hydrogens is 268 g/mol. The van der Waals surface area contributed by atoms with Gasteiger partial charge in [-0.3, -0.25) is 4.90 Å². The predicted molar refractivity (Wildman–Crippen MR) is 86.8 cm³/mol.